The molecule has 23 heavy (non-hydrogen) atoms. The standard InChI is InChI=1S/C18H24ClN3O/c1-13(2)17-16(12-21-10-8-15(23)9-11-21)18(19)22(20-17)14-6-4-3-5-7-14/h3-7,13,15,23H,8-12H2,1-2H3. The minimum Gasteiger partial charge on any atom is -0.393 e. The van der Waals surface area contributed by atoms with Crippen LogP contribution >= 0.6 is 11.6 Å². The number of halogens is 1. The number of aliphatic hydroxyl groups is 1. The smallest absolute Gasteiger partial charge is 0.137 e. The third-order valence-electron chi connectivity index (χ3n) is 4.44. The molecule has 0 amide bonds. The Morgan fingerprint density at radius 2 is 1.87 bits per heavy atom. The highest BCUT2D eigenvalue weighted by Crippen LogP contribution is 2.30. The minimum absolute atomic E-state index is 0.154. The van der Waals surface area contributed by atoms with Crippen molar-refractivity contribution in [2.45, 2.75) is 45.3 Å². The monoisotopic (exact) mass is 333 g/mol. The lowest BCUT2D eigenvalue weighted by Crippen LogP contribution is -2.35. The van der Waals surface area contributed by atoms with Crippen molar-refractivity contribution < 1.29 is 5.11 Å². The zero-order valence-corrected chi connectivity index (χ0v) is 14.5. The van der Waals surface area contributed by atoms with E-state index in [9.17, 15) is 5.11 Å². The number of hydrogen-bond donors (Lipinski definition) is 1. The molecule has 1 fully saturated rings. The Kier molecular flexibility index (Phi) is 5.05. The van der Waals surface area contributed by atoms with Crippen LogP contribution in [0.3, 0.4) is 0 Å². The highest BCUT2D eigenvalue weighted by Gasteiger charge is 2.24. The molecule has 2 heterocycles. The van der Waals surface area contributed by atoms with Gasteiger partial charge in [0.05, 0.1) is 17.5 Å². The maximum absolute atomic E-state index is 9.67. The molecule has 1 N–H and O–H groups in total. The molecule has 1 saturated heterocycles. The molecule has 0 spiro atoms. The predicted molar refractivity (Wildman–Crippen MR) is 93.2 cm³/mol. The fraction of sp³-hybridized carbons (Fsp3) is 0.500. The molecular formula is C18H24ClN3O. The van der Waals surface area contributed by atoms with Gasteiger partial charge >= 0.3 is 0 Å². The number of para-hydroxylation sites is 1. The maximum atomic E-state index is 9.67. The summed E-state index contributed by atoms with van der Waals surface area (Å²) in [6.45, 7) is 6.91. The van der Waals surface area contributed by atoms with E-state index in [1.807, 2.05) is 35.0 Å². The summed E-state index contributed by atoms with van der Waals surface area (Å²) in [6, 6.07) is 10.0. The molecule has 1 aliphatic rings. The van der Waals surface area contributed by atoms with Crippen LogP contribution in [-0.2, 0) is 6.54 Å². The first kappa shape index (κ1) is 16.5. The highest BCUT2D eigenvalue weighted by atomic mass is 35.5. The van der Waals surface area contributed by atoms with Gasteiger partial charge in [0, 0.05) is 25.2 Å². The lowest BCUT2D eigenvalue weighted by molar-refractivity contribution is 0.0791. The minimum atomic E-state index is -0.154. The molecule has 0 saturated carbocycles. The molecule has 4 nitrogen and oxygen atoms in total. The van der Waals surface area contributed by atoms with Crippen LogP contribution in [-0.4, -0.2) is 39.0 Å². The van der Waals surface area contributed by atoms with Crippen LogP contribution in [0.2, 0.25) is 5.15 Å². The Morgan fingerprint density at radius 3 is 2.48 bits per heavy atom. The number of benzene rings is 1. The van der Waals surface area contributed by atoms with Crippen LogP contribution in [0.1, 0.15) is 43.9 Å². The normalized spacial score (nSPS) is 17.1. The van der Waals surface area contributed by atoms with Crippen molar-refractivity contribution in [2.75, 3.05) is 13.1 Å². The van der Waals surface area contributed by atoms with Gasteiger partial charge in [0.15, 0.2) is 0 Å². The average Bonchev–Trinajstić information content (AvgIpc) is 2.88. The SMILES string of the molecule is CC(C)c1nn(-c2ccccc2)c(Cl)c1CN1CCC(O)CC1. The number of rotatable bonds is 4. The average molecular weight is 334 g/mol. The van der Waals surface area contributed by atoms with Crippen LogP contribution in [0.15, 0.2) is 30.3 Å². The Balaban J connectivity index is 1.91. The molecule has 2 aromatic rings. The van der Waals surface area contributed by atoms with Crippen molar-refractivity contribution in [2.24, 2.45) is 0 Å². The lowest BCUT2D eigenvalue weighted by Gasteiger charge is -2.29. The van der Waals surface area contributed by atoms with Crippen LogP contribution in [0, 0.1) is 0 Å². The quantitative estimate of drug-likeness (QED) is 0.929. The summed E-state index contributed by atoms with van der Waals surface area (Å²) in [6.07, 6.45) is 1.52. The second-order valence-corrected chi connectivity index (χ2v) is 6.92. The molecule has 0 bridgehead atoms. The van der Waals surface area contributed by atoms with Gasteiger partial charge in [-0.2, -0.15) is 5.10 Å². The Hall–Kier alpha value is -1.36. The van der Waals surface area contributed by atoms with E-state index in [0.29, 0.717) is 11.1 Å². The second kappa shape index (κ2) is 7.04. The van der Waals surface area contributed by atoms with Gasteiger partial charge in [-0.3, -0.25) is 4.90 Å². The number of likely N-dealkylation sites (tertiary alicyclic amines) is 1. The largest absolute Gasteiger partial charge is 0.393 e. The number of nitrogens with zero attached hydrogens (tertiary/aromatic N) is 3. The van der Waals surface area contributed by atoms with Gasteiger partial charge in [-0.05, 0) is 30.9 Å². The topological polar surface area (TPSA) is 41.3 Å². The van der Waals surface area contributed by atoms with Crippen molar-refractivity contribution in [1.29, 1.82) is 0 Å². The van der Waals surface area contributed by atoms with E-state index in [0.717, 1.165) is 49.4 Å². The molecule has 124 valence electrons. The van der Waals surface area contributed by atoms with Gasteiger partial charge in [-0.1, -0.05) is 43.6 Å². The molecule has 5 heteroatoms. The Bertz CT molecular complexity index is 646. The first-order valence-electron chi connectivity index (χ1n) is 8.29. The van der Waals surface area contributed by atoms with Gasteiger partial charge in [0.1, 0.15) is 5.15 Å². The molecular weight excluding hydrogens is 310 g/mol. The van der Waals surface area contributed by atoms with E-state index >= 15 is 0 Å². The molecule has 1 aliphatic heterocycles. The number of aromatic nitrogens is 2. The third-order valence-corrected chi connectivity index (χ3v) is 4.83. The van der Waals surface area contributed by atoms with Gasteiger partial charge in [0.25, 0.3) is 0 Å². The van der Waals surface area contributed by atoms with Crippen molar-refractivity contribution in [3.8, 4) is 5.69 Å². The van der Waals surface area contributed by atoms with E-state index in [4.69, 9.17) is 16.7 Å². The van der Waals surface area contributed by atoms with Gasteiger partial charge in [0.2, 0.25) is 0 Å². The summed E-state index contributed by atoms with van der Waals surface area (Å²) in [4.78, 5) is 2.36. The predicted octanol–water partition coefficient (Wildman–Crippen LogP) is 3.61. The van der Waals surface area contributed by atoms with Crippen LogP contribution in [0.25, 0.3) is 5.69 Å². The van der Waals surface area contributed by atoms with Gasteiger partial charge in [-0.25, -0.2) is 4.68 Å². The summed E-state index contributed by atoms with van der Waals surface area (Å²) in [5.74, 6) is 0.322. The summed E-state index contributed by atoms with van der Waals surface area (Å²) in [5.41, 5.74) is 3.16. The van der Waals surface area contributed by atoms with Gasteiger partial charge in [-0.15, -0.1) is 0 Å². The Labute approximate surface area is 142 Å². The number of piperidine rings is 1. The van der Waals surface area contributed by atoms with Crippen LogP contribution in [0.5, 0.6) is 0 Å². The highest BCUT2D eigenvalue weighted by molar-refractivity contribution is 6.30. The summed E-state index contributed by atoms with van der Waals surface area (Å²) in [5, 5.41) is 15.1. The molecule has 1 aromatic heterocycles. The van der Waals surface area contributed by atoms with Gasteiger partial charge < -0.3 is 5.11 Å². The first-order valence-corrected chi connectivity index (χ1v) is 8.67. The first-order chi connectivity index (χ1) is 11.1. The van der Waals surface area contributed by atoms with Crippen LogP contribution in [0.4, 0.5) is 0 Å². The van der Waals surface area contributed by atoms with E-state index < -0.39 is 0 Å². The second-order valence-electron chi connectivity index (χ2n) is 6.56. The van der Waals surface area contributed by atoms with E-state index in [2.05, 4.69) is 18.7 Å². The van der Waals surface area contributed by atoms with E-state index in [1.54, 1.807) is 0 Å². The zero-order chi connectivity index (χ0) is 16.4. The zero-order valence-electron chi connectivity index (χ0n) is 13.7. The Morgan fingerprint density at radius 1 is 1.22 bits per heavy atom. The number of aliphatic hydroxyl groups excluding tert-OH is 1. The molecule has 0 aliphatic carbocycles. The summed E-state index contributed by atoms with van der Waals surface area (Å²) in [7, 11) is 0. The van der Waals surface area contributed by atoms with Crippen LogP contribution < -0.4 is 0 Å². The maximum Gasteiger partial charge on any atom is 0.137 e. The number of hydrogen-bond acceptors (Lipinski definition) is 3. The van der Waals surface area contributed by atoms with Crippen molar-refractivity contribution >= 4 is 11.6 Å². The molecule has 0 unspecified atom stereocenters. The van der Waals surface area contributed by atoms with Crippen molar-refractivity contribution in [1.82, 2.24) is 14.7 Å². The molecule has 1 aromatic carbocycles. The molecule has 3 rings (SSSR count). The third kappa shape index (κ3) is 3.60. The van der Waals surface area contributed by atoms with Crippen molar-refractivity contribution in [3.05, 3.63) is 46.7 Å². The fourth-order valence-electron chi connectivity index (χ4n) is 3.10. The van der Waals surface area contributed by atoms with E-state index in [-0.39, 0.29) is 6.10 Å². The van der Waals surface area contributed by atoms with Crippen molar-refractivity contribution in [3.63, 3.8) is 0 Å². The molecule has 0 radical (unpaired) electrons. The summed E-state index contributed by atoms with van der Waals surface area (Å²) >= 11 is 6.68. The molecule has 0 atom stereocenters. The fourth-order valence-corrected chi connectivity index (χ4v) is 3.39. The summed E-state index contributed by atoms with van der Waals surface area (Å²) < 4.78 is 1.84. The van der Waals surface area contributed by atoms with E-state index in [1.165, 1.54) is 0 Å². The lowest BCUT2D eigenvalue weighted by atomic mass is 10.0.